The zero-order valence-corrected chi connectivity index (χ0v) is 11.6. The summed E-state index contributed by atoms with van der Waals surface area (Å²) >= 11 is 0. The molecular weight excluding hydrogens is 301 g/mol. The Labute approximate surface area is 123 Å². The van der Waals surface area contributed by atoms with Gasteiger partial charge >= 0.3 is 6.18 Å². The Bertz CT molecular complexity index is 637. The predicted octanol–water partition coefficient (Wildman–Crippen LogP) is 1.94. The molecule has 0 saturated carbocycles. The SMILES string of the molecule is Cc1cc(C(=O)NCCOc2ccc(C(F)(F)F)cn2)n[nH]1. The van der Waals surface area contributed by atoms with Crippen molar-refractivity contribution in [1.82, 2.24) is 20.5 Å². The quantitative estimate of drug-likeness (QED) is 0.827. The van der Waals surface area contributed by atoms with Crippen molar-refractivity contribution in [1.29, 1.82) is 0 Å². The van der Waals surface area contributed by atoms with Gasteiger partial charge in [-0.3, -0.25) is 9.89 Å². The molecule has 2 heterocycles. The summed E-state index contributed by atoms with van der Waals surface area (Å²) in [6, 6.07) is 3.60. The van der Waals surface area contributed by atoms with Gasteiger partial charge in [-0.15, -0.1) is 0 Å². The Morgan fingerprint density at radius 1 is 1.41 bits per heavy atom. The molecule has 0 radical (unpaired) electrons. The van der Waals surface area contributed by atoms with E-state index in [0.29, 0.717) is 6.20 Å². The molecule has 0 aliphatic carbocycles. The second-order valence-corrected chi connectivity index (χ2v) is 4.42. The van der Waals surface area contributed by atoms with Crippen LogP contribution in [0.1, 0.15) is 21.7 Å². The van der Waals surface area contributed by atoms with Crippen molar-refractivity contribution < 1.29 is 22.7 Å². The number of halogens is 3. The van der Waals surface area contributed by atoms with Gasteiger partial charge in [0.2, 0.25) is 5.88 Å². The van der Waals surface area contributed by atoms with Crippen molar-refractivity contribution in [2.75, 3.05) is 13.2 Å². The lowest BCUT2D eigenvalue weighted by Gasteiger charge is -2.08. The highest BCUT2D eigenvalue weighted by Gasteiger charge is 2.30. The largest absolute Gasteiger partial charge is 0.476 e. The predicted molar refractivity (Wildman–Crippen MR) is 70.4 cm³/mol. The summed E-state index contributed by atoms with van der Waals surface area (Å²) in [5.74, 6) is -0.314. The second kappa shape index (κ2) is 6.46. The molecule has 2 aromatic heterocycles. The number of hydrogen-bond acceptors (Lipinski definition) is 4. The van der Waals surface area contributed by atoms with Gasteiger partial charge in [0.1, 0.15) is 12.3 Å². The molecule has 9 heteroatoms. The van der Waals surface area contributed by atoms with Gasteiger partial charge in [-0.1, -0.05) is 0 Å². The van der Waals surface area contributed by atoms with Gasteiger partial charge in [-0.05, 0) is 19.1 Å². The monoisotopic (exact) mass is 314 g/mol. The van der Waals surface area contributed by atoms with Crippen LogP contribution in [0.3, 0.4) is 0 Å². The third-order valence-electron chi connectivity index (χ3n) is 2.64. The van der Waals surface area contributed by atoms with Gasteiger partial charge in [0, 0.05) is 18.0 Å². The van der Waals surface area contributed by atoms with Gasteiger partial charge in [-0.25, -0.2) is 4.98 Å². The van der Waals surface area contributed by atoms with Gasteiger partial charge in [0.05, 0.1) is 12.1 Å². The summed E-state index contributed by atoms with van der Waals surface area (Å²) in [6.07, 6.45) is -3.73. The number of alkyl halides is 3. The van der Waals surface area contributed by atoms with Crippen molar-refractivity contribution >= 4 is 5.91 Å². The van der Waals surface area contributed by atoms with E-state index in [1.165, 1.54) is 0 Å². The molecule has 0 aromatic carbocycles. The maximum atomic E-state index is 12.3. The van der Waals surface area contributed by atoms with Gasteiger partial charge in [-0.2, -0.15) is 18.3 Å². The first kappa shape index (κ1) is 15.8. The highest BCUT2D eigenvalue weighted by molar-refractivity contribution is 5.92. The number of nitrogens with zero attached hydrogens (tertiary/aromatic N) is 2. The van der Waals surface area contributed by atoms with Crippen LogP contribution >= 0.6 is 0 Å². The van der Waals surface area contributed by atoms with Crippen molar-refractivity contribution in [2.24, 2.45) is 0 Å². The van der Waals surface area contributed by atoms with E-state index in [1.807, 2.05) is 0 Å². The number of pyridine rings is 1. The topological polar surface area (TPSA) is 79.9 Å². The minimum absolute atomic E-state index is 0.0536. The molecule has 0 bridgehead atoms. The molecule has 0 spiro atoms. The molecule has 2 aromatic rings. The highest BCUT2D eigenvalue weighted by atomic mass is 19.4. The molecule has 0 aliphatic rings. The molecule has 0 saturated heterocycles. The standard InChI is InChI=1S/C13H13F3N4O2/c1-8-6-10(20-19-8)12(21)17-4-5-22-11-3-2-9(7-18-11)13(14,15)16/h2-3,6-7H,4-5H2,1H3,(H,17,21)(H,19,20). The first-order valence-corrected chi connectivity index (χ1v) is 6.32. The number of rotatable bonds is 5. The summed E-state index contributed by atoms with van der Waals surface area (Å²) in [6.45, 7) is 2.02. The van der Waals surface area contributed by atoms with E-state index in [1.54, 1.807) is 13.0 Å². The second-order valence-electron chi connectivity index (χ2n) is 4.42. The molecule has 22 heavy (non-hydrogen) atoms. The van der Waals surface area contributed by atoms with E-state index >= 15 is 0 Å². The summed E-state index contributed by atoms with van der Waals surface area (Å²) in [4.78, 5) is 15.2. The molecule has 0 atom stereocenters. The average Bonchev–Trinajstić information content (AvgIpc) is 2.89. The van der Waals surface area contributed by atoms with Crippen LogP contribution in [0.25, 0.3) is 0 Å². The highest BCUT2D eigenvalue weighted by Crippen LogP contribution is 2.29. The Morgan fingerprint density at radius 3 is 2.73 bits per heavy atom. The molecule has 0 aliphatic heterocycles. The summed E-state index contributed by atoms with van der Waals surface area (Å²) in [5, 5.41) is 8.99. The number of aromatic amines is 1. The number of ether oxygens (including phenoxy) is 1. The number of nitrogens with one attached hydrogen (secondary N) is 2. The summed E-state index contributed by atoms with van der Waals surface area (Å²) < 4.78 is 42.2. The Hall–Kier alpha value is -2.58. The molecule has 0 fully saturated rings. The fraction of sp³-hybridized carbons (Fsp3) is 0.308. The third-order valence-corrected chi connectivity index (χ3v) is 2.64. The molecule has 6 nitrogen and oxygen atoms in total. The van der Waals surface area contributed by atoms with E-state index < -0.39 is 11.7 Å². The Kier molecular flexibility index (Phi) is 4.64. The van der Waals surface area contributed by atoms with Gasteiger partial charge in [0.15, 0.2) is 0 Å². The maximum Gasteiger partial charge on any atom is 0.417 e. The van der Waals surface area contributed by atoms with Gasteiger partial charge < -0.3 is 10.1 Å². The molecule has 1 amide bonds. The van der Waals surface area contributed by atoms with Crippen LogP contribution in [0, 0.1) is 6.92 Å². The maximum absolute atomic E-state index is 12.3. The number of hydrogen-bond donors (Lipinski definition) is 2. The molecule has 2 N–H and O–H groups in total. The lowest BCUT2D eigenvalue weighted by molar-refractivity contribution is -0.137. The average molecular weight is 314 g/mol. The van der Waals surface area contributed by atoms with E-state index in [0.717, 1.165) is 17.8 Å². The zero-order valence-electron chi connectivity index (χ0n) is 11.6. The minimum atomic E-state index is -4.43. The van der Waals surface area contributed by atoms with Crippen LogP contribution in [-0.2, 0) is 6.18 Å². The number of carbonyl (C=O) groups is 1. The van der Waals surface area contributed by atoms with Crippen molar-refractivity contribution in [3.8, 4) is 5.88 Å². The Morgan fingerprint density at radius 2 is 2.18 bits per heavy atom. The molecular formula is C13H13F3N4O2. The Balaban J connectivity index is 1.76. The minimum Gasteiger partial charge on any atom is -0.476 e. The van der Waals surface area contributed by atoms with Crippen molar-refractivity contribution in [3.05, 3.63) is 41.3 Å². The zero-order chi connectivity index (χ0) is 16.2. The number of H-pyrrole nitrogens is 1. The van der Waals surface area contributed by atoms with E-state index in [-0.39, 0.29) is 30.6 Å². The normalized spacial score (nSPS) is 11.3. The van der Waals surface area contributed by atoms with E-state index in [2.05, 4.69) is 20.5 Å². The third kappa shape index (κ3) is 4.21. The van der Waals surface area contributed by atoms with Crippen molar-refractivity contribution in [3.63, 3.8) is 0 Å². The molecule has 118 valence electrons. The lowest BCUT2D eigenvalue weighted by Crippen LogP contribution is -2.28. The van der Waals surface area contributed by atoms with Crippen LogP contribution in [0.5, 0.6) is 5.88 Å². The summed E-state index contributed by atoms with van der Waals surface area (Å²) in [7, 11) is 0. The smallest absolute Gasteiger partial charge is 0.417 e. The van der Waals surface area contributed by atoms with Crippen LogP contribution in [0.15, 0.2) is 24.4 Å². The first-order valence-electron chi connectivity index (χ1n) is 6.32. The number of aromatic nitrogens is 3. The van der Waals surface area contributed by atoms with Crippen LogP contribution in [0.4, 0.5) is 13.2 Å². The van der Waals surface area contributed by atoms with Gasteiger partial charge in [0.25, 0.3) is 5.91 Å². The van der Waals surface area contributed by atoms with Crippen molar-refractivity contribution in [2.45, 2.75) is 13.1 Å². The number of amides is 1. The number of aryl methyl sites for hydroxylation is 1. The lowest BCUT2D eigenvalue weighted by atomic mass is 10.3. The van der Waals surface area contributed by atoms with Crippen LogP contribution in [0.2, 0.25) is 0 Å². The summed E-state index contributed by atoms with van der Waals surface area (Å²) in [5.41, 5.74) is 0.169. The molecule has 2 rings (SSSR count). The fourth-order valence-electron chi connectivity index (χ4n) is 1.58. The first-order chi connectivity index (χ1) is 10.4. The van der Waals surface area contributed by atoms with Crippen LogP contribution < -0.4 is 10.1 Å². The van der Waals surface area contributed by atoms with E-state index in [9.17, 15) is 18.0 Å². The van der Waals surface area contributed by atoms with Crippen LogP contribution in [-0.4, -0.2) is 34.2 Å². The fourth-order valence-corrected chi connectivity index (χ4v) is 1.58. The number of carbonyl (C=O) groups excluding carboxylic acids is 1. The molecule has 0 unspecified atom stereocenters. The van der Waals surface area contributed by atoms with E-state index in [4.69, 9.17) is 4.74 Å².